The summed E-state index contributed by atoms with van der Waals surface area (Å²) in [5, 5.41) is 5.97. The SMILES string of the molecule is CN1CCC(CN)(NC(=O)NC(C)(C)C)CC1. The zero-order valence-corrected chi connectivity index (χ0v) is 11.5. The Morgan fingerprint density at radius 1 is 1.35 bits per heavy atom. The summed E-state index contributed by atoms with van der Waals surface area (Å²) in [5.74, 6) is 0. The van der Waals surface area contributed by atoms with E-state index in [4.69, 9.17) is 5.73 Å². The van der Waals surface area contributed by atoms with Gasteiger partial charge in [0.1, 0.15) is 0 Å². The molecule has 1 aliphatic rings. The third-order valence-electron chi connectivity index (χ3n) is 3.20. The van der Waals surface area contributed by atoms with Crippen LogP contribution in [0.2, 0.25) is 0 Å². The minimum Gasteiger partial charge on any atom is -0.334 e. The molecule has 0 atom stereocenters. The molecule has 0 aromatic heterocycles. The van der Waals surface area contributed by atoms with Crippen LogP contribution in [0.4, 0.5) is 4.79 Å². The molecule has 0 aliphatic carbocycles. The van der Waals surface area contributed by atoms with Gasteiger partial charge in [0, 0.05) is 25.2 Å². The highest BCUT2D eigenvalue weighted by Gasteiger charge is 2.34. The van der Waals surface area contributed by atoms with Gasteiger partial charge in [-0.3, -0.25) is 0 Å². The van der Waals surface area contributed by atoms with Crippen LogP contribution in [0.5, 0.6) is 0 Å². The molecule has 0 spiro atoms. The summed E-state index contributed by atoms with van der Waals surface area (Å²) < 4.78 is 0. The Morgan fingerprint density at radius 3 is 2.29 bits per heavy atom. The molecule has 1 fully saturated rings. The maximum absolute atomic E-state index is 11.9. The van der Waals surface area contributed by atoms with E-state index in [-0.39, 0.29) is 17.1 Å². The van der Waals surface area contributed by atoms with Gasteiger partial charge >= 0.3 is 6.03 Å². The van der Waals surface area contributed by atoms with Crippen LogP contribution in [0.1, 0.15) is 33.6 Å². The van der Waals surface area contributed by atoms with Crippen molar-refractivity contribution in [3.8, 4) is 0 Å². The molecule has 100 valence electrons. The Kier molecular flexibility index (Phi) is 4.38. The van der Waals surface area contributed by atoms with E-state index in [2.05, 4.69) is 22.6 Å². The number of carbonyl (C=O) groups excluding carboxylic acids is 1. The third kappa shape index (κ3) is 4.52. The fraction of sp³-hybridized carbons (Fsp3) is 0.917. The maximum atomic E-state index is 11.9. The highest BCUT2D eigenvalue weighted by molar-refractivity contribution is 5.75. The van der Waals surface area contributed by atoms with Crippen LogP contribution in [-0.4, -0.2) is 48.7 Å². The van der Waals surface area contributed by atoms with Crippen molar-refractivity contribution in [3.63, 3.8) is 0 Å². The first-order chi connectivity index (χ1) is 7.76. The van der Waals surface area contributed by atoms with Gasteiger partial charge in [0.2, 0.25) is 0 Å². The van der Waals surface area contributed by atoms with Gasteiger partial charge in [-0.2, -0.15) is 0 Å². The number of nitrogens with one attached hydrogen (secondary N) is 2. The van der Waals surface area contributed by atoms with Crippen molar-refractivity contribution in [2.24, 2.45) is 5.73 Å². The molecule has 17 heavy (non-hydrogen) atoms. The lowest BCUT2D eigenvalue weighted by Gasteiger charge is -2.41. The largest absolute Gasteiger partial charge is 0.334 e. The molecule has 0 unspecified atom stereocenters. The van der Waals surface area contributed by atoms with Gasteiger partial charge in [-0.25, -0.2) is 4.79 Å². The van der Waals surface area contributed by atoms with E-state index in [1.807, 2.05) is 20.8 Å². The van der Waals surface area contributed by atoms with Gasteiger partial charge < -0.3 is 21.3 Å². The van der Waals surface area contributed by atoms with E-state index in [0.717, 1.165) is 25.9 Å². The quantitative estimate of drug-likeness (QED) is 0.660. The zero-order chi connectivity index (χ0) is 13.1. The topological polar surface area (TPSA) is 70.4 Å². The van der Waals surface area contributed by atoms with E-state index in [0.29, 0.717) is 6.54 Å². The Labute approximate surface area is 104 Å². The number of amides is 2. The van der Waals surface area contributed by atoms with Crippen LogP contribution in [0.15, 0.2) is 0 Å². The van der Waals surface area contributed by atoms with Crippen LogP contribution in [0, 0.1) is 0 Å². The molecule has 0 saturated carbocycles. The molecular formula is C12H26N4O. The number of piperidine rings is 1. The van der Waals surface area contributed by atoms with Crippen LogP contribution < -0.4 is 16.4 Å². The maximum Gasteiger partial charge on any atom is 0.315 e. The lowest BCUT2D eigenvalue weighted by Crippen LogP contribution is -2.62. The summed E-state index contributed by atoms with van der Waals surface area (Å²) in [6, 6.07) is -0.118. The molecule has 5 heteroatoms. The smallest absolute Gasteiger partial charge is 0.315 e. The second-order valence-electron chi connectivity index (χ2n) is 6.12. The van der Waals surface area contributed by atoms with Crippen LogP contribution in [0.3, 0.4) is 0 Å². The van der Waals surface area contributed by atoms with Gasteiger partial charge in [0.25, 0.3) is 0 Å². The molecule has 1 saturated heterocycles. The molecule has 1 heterocycles. The monoisotopic (exact) mass is 242 g/mol. The minimum atomic E-state index is -0.234. The summed E-state index contributed by atoms with van der Waals surface area (Å²) in [6.45, 7) is 8.36. The minimum absolute atomic E-state index is 0.118. The van der Waals surface area contributed by atoms with Gasteiger partial charge in [-0.1, -0.05) is 0 Å². The number of rotatable bonds is 2. The summed E-state index contributed by atoms with van der Waals surface area (Å²) >= 11 is 0. The highest BCUT2D eigenvalue weighted by Crippen LogP contribution is 2.20. The standard InChI is InChI=1S/C12H26N4O/c1-11(2,3)14-10(17)15-12(9-13)5-7-16(4)8-6-12/h5-9,13H2,1-4H3,(H2,14,15,17). The normalized spacial score (nSPS) is 21.0. The molecule has 0 radical (unpaired) electrons. The van der Waals surface area contributed by atoms with Crippen molar-refractivity contribution in [2.45, 2.75) is 44.7 Å². The second kappa shape index (κ2) is 5.23. The predicted molar refractivity (Wildman–Crippen MR) is 69.9 cm³/mol. The lowest BCUT2D eigenvalue weighted by molar-refractivity contribution is 0.158. The molecule has 1 aliphatic heterocycles. The predicted octanol–water partition coefficient (Wildman–Crippen LogP) is 0.507. The summed E-state index contributed by atoms with van der Waals surface area (Å²) in [7, 11) is 2.09. The van der Waals surface area contributed by atoms with Crippen molar-refractivity contribution in [2.75, 3.05) is 26.7 Å². The van der Waals surface area contributed by atoms with Gasteiger partial charge in [-0.15, -0.1) is 0 Å². The summed E-state index contributed by atoms with van der Waals surface area (Å²) in [4.78, 5) is 14.1. The summed E-state index contributed by atoms with van der Waals surface area (Å²) in [6.07, 6.45) is 1.83. The van der Waals surface area contributed by atoms with E-state index >= 15 is 0 Å². The zero-order valence-electron chi connectivity index (χ0n) is 11.5. The number of hydrogen-bond donors (Lipinski definition) is 3. The van der Waals surface area contributed by atoms with Crippen LogP contribution in [-0.2, 0) is 0 Å². The van der Waals surface area contributed by atoms with Gasteiger partial charge in [0.05, 0.1) is 5.54 Å². The van der Waals surface area contributed by atoms with Crippen molar-refractivity contribution in [1.82, 2.24) is 15.5 Å². The Bertz CT molecular complexity index is 264. The lowest BCUT2D eigenvalue weighted by atomic mass is 9.88. The number of nitrogens with two attached hydrogens (primary N) is 1. The van der Waals surface area contributed by atoms with Crippen LogP contribution >= 0.6 is 0 Å². The molecule has 2 amide bonds. The number of hydrogen-bond acceptors (Lipinski definition) is 3. The Balaban J connectivity index is 2.54. The van der Waals surface area contributed by atoms with Gasteiger partial charge in [0.15, 0.2) is 0 Å². The van der Waals surface area contributed by atoms with Crippen molar-refractivity contribution >= 4 is 6.03 Å². The third-order valence-corrected chi connectivity index (χ3v) is 3.20. The van der Waals surface area contributed by atoms with Crippen LogP contribution in [0.25, 0.3) is 0 Å². The fourth-order valence-electron chi connectivity index (χ4n) is 2.04. The number of urea groups is 1. The first-order valence-electron chi connectivity index (χ1n) is 6.25. The number of nitrogens with zero attached hydrogens (tertiary/aromatic N) is 1. The summed E-state index contributed by atoms with van der Waals surface area (Å²) in [5.41, 5.74) is 5.38. The first kappa shape index (κ1) is 14.3. The average Bonchev–Trinajstić information content (AvgIpc) is 2.19. The molecule has 0 aromatic rings. The van der Waals surface area contributed by atoms with Crippen molar-refractivity contribution in [3.05, 3.63) is 0 Å². The fourth-order valence-corrected chi connectivity index (χ4v) is 2.04. The van der Waals surface area contributed by atoms with E-state index in [1.165, 1.54) is 0 Å². The molecule has 5 nitrogen and oxygen atoms in total. The number of likely N-dealkylation sites (tertiary alicyclic amines) is 1. The first-order valence-corrected chi connectivity index (χ1v) is 6.25. The molecule has 4 N–H and O–H groups in total. The van der Waals surface area contributed by atoms with Crippen molar-refractivity contribution in [1.29, 1.82) is 0 Å². The van der Waals surface area contributed by atoms with E-state index < -0.39 is 0 Å². The van der Waals surface area contributed by atoms with Crippen molar-refractivity contribution < 1.29 is 4.79 Å². The Morgan fingerprint density at radius 2 is 1.88 bits per heavy atom. The molecule has 0 aromatic carbocycles. The van der Waals surface area contributed by atoms with E-state index in [1.54, 1.807) is 0 Å². The second-order valence-corrected chi connectivity index (χ2v) is 6.12. The molecule has 1 rings (SSSR count). The molecular weight excluding hydrogens is 216 g/mol. The van der Waals surface area contributed by atoms with Gasteiger partial charge in [-0.05, 0) is 40.7 Å². The number of carbonyl (C=O) groups is 1. The Hall–Kier alpha value is -0.810. The molecule has 0 bridgehead atoms. The average molecular weight is 242 g/mol. The van der Waals surface area contributed by atoms with E-state index in [9.17, 15) is 4.79 Å². The highest BCUT2D eigenvalue weighted by atomic mass is 16.2.